The molecule has 0 saturated carbocycles. The minimum Gasteiger partial charge on any atom is -0.375 e. The molecule has 1 aromatic rings. The number of rotatable bonds is 4. The smallest absolute Gasteiger partial charge is 0.227 e. The minimum absolute atomic E-state index is 0.00555. The quantitative estimate of drug-likeness (QED) is 0.874. The highest BCUT2D eigenvalue weighted by Gasteiger charge is 2.17. The van der Waals surface area contributed by atoms with Gasteiger partial charge in [0.1, 0.15) is 0 Å². The lowest BCUT2D eigenvalue weighted by Gasteiger charge is -2.23. The lowest BCUT2D eigenvalue weighted by Crippen LogP contribution is -2.40. The van der Waals surface area contributed by atoms with Crippen molar-refractivity contribution in [2.45, 2.75) is 32.3 Å². The van der Waals surface area contributed by atoms with E-state index in [-0.39, 0.29) is 12.0 Å². The number of carbonyl (C=O) groups excluding carboxylic acids is 1. The van der Waals surface area contributed by atoms with E-state index in [4.69, 9.17) is 4.74 Å². The average molecular weight is 262 g/mol. The first kappa shape index (κ1) is 14.0. The van der Waals surface area contributed by atoms with E-state index < -0.39 is 0 Å². The van der Waals surface area contributed by atoms with Gasteiger partial charge in [0.25, 0.3) is 0 Å². The van der Waals surface area contributed by atoms with Crippen LogP contribution in [-0.2, 0) is 9.53 Å². The van der Waals surface area contributed by atoms with Crippen molar-refractivity contribution in [3.05, 3.63) is 29.8 Å². The first-order valence-corrected chi connectivity index (χ1v) is 6.87. The molecule has 0 radical (unpaired) electrons. The van der Waals surface area contributed by atoms with Crippen LogP contribution in [0.3, 0.4) is 0 Å². The number of benzene rings is 1. The molecule has 0 aromatic heterocycles. The Kier molecular flexibility index (Phi) is 4.93. The normalized spacial score (nSPS) is 19.4. The molecule has 4 heteroatoms. The third-order valence-corrected chi connectivity index (χ3v) is 3.28. The zero-order chi connectivity index (χ0) is 13.7. The molecular weight excluding hydrogens is 240 g/mol. The number of carbonyl (C=O) groups is 1. The van der Waals surface area contributed by atoms with E-state index in [1.54, 1.807) is 0 Å². The van der Waals surface area contributed by atoms with Crippen LogP contribution in [0.25, 0.3) is 0 Å². The van der Waals surface area contributed by atoms with Crippen LogP contribution in [0.4, 0.5) is 5.69 Å². The van der Waals surface area contributed by atoms with Gasteiger partial charge in [0.15, 0.2) is 0 Å². The Bertz CT molecular complexity index is 409. The van der Waals surface area contributed by atoms with E-state index in [2.05, 4.69) is 36.6 Å². The van der Waals surface area contributed by atoms with Crippen LogP contribution in [0.2, 0.25) is 0 Å². The van der Waals surface area contributed by atoms with Crippen molar-refractivity contribution in [1.29, 1.82) is 0 Å². The molecule has 2 N–H and O–H groups in total. The van der Waals surface area contributed by atoms with Crippen LogP contribution in [-0.4, -0.2) is 31.7 Å². The molecule has 1 aliphatic rings. The summed E-state index contributed by atoms with van der Waals surface area (Å²) in [4.78, 5) is 11.9. The molecule has 0 spiro atoms. The van der Waals surface area contributed by atoms with Gasteiger partial charge in [-0.15, -0.1) is 0 Å². The molecule has 0 aliphatic carbocycles. The molecule has 1 saturated heterocycles. The molecule has 1 unspecified atom stereocenters. The van der Waals surface area contributed by atoms with Crippen LogP contribution >= 0.6 is 0 Å². The van der Waals surface area contributed by atoms with Crippen molar-refractivity contribution in [3.8, 4) is 0 Å². The number of anilines is 1. The monoisotopic (exact) mass is 262 g/mol. The average Bonchev–Trinajstić information content (AvgIpc) is 2.40. The summed E-state index contributed by atoms with van der Waals surface area (Å²) in [6.45, 7) is 6.61. The molecule has 4 nitrogen and oxygen atoms in total. The largest absolute Gasteiger partial charge is 0.375 e. The van der Waals surface area contributed by atoms with Crippen molar-refractivity contribution in [3.63, 3.8) is 0 Å². The third-order valence-electron chi connectivity index (χ3n) is 3.28. The van der Waals surface area contributed by atoms with Crippen LogP contribution in [0, 0.1) is 0 Å². The van der Waals surface area contributed by atoms with Crippen molar-refractivity contribution in [2.24, 2.45) is 0 Å². The SMILES string of the molecule is CC(C)c1ccc(NC(=O)CC2CNCCO2)cc1. The van der Waals surface area contributed by atoms with Crippen LogP contribution < -0.4 is 10.6 Å². The number of amides is 1. The highest BCUT2D eigenvalue weighted by molar-refractivity contribution is 5.91. The van der Waals surface area contributed by atoms with Crippen molar-refractivity contribution < 1.29 is 9.53 Å². The predicted molar refractivity (Wildman–Crippen MR) is 76.4 cm³/mol. The molecular formula is C15H22N2O2. The maximum absolute atomic E-state index is 11.9. The summed E-state index contributed by atoms with van der Waals surface area (Å²) in [5, 5.41) is 6.13. The standard InChI is InChI=1S/C15H22N2O2/c1-11(2)12-3-5-13(6-4-12)17-15(18)9-14-10-16-7-8-19-14/h3-6,11,14,16H,7-10H2,1-2H3,(H,17,18). The Morgan fingerprint density at radius 2 is 2.16 bits per heavy atom. The van der Waals surface area contributed by atoms with E-state index in [0.29, 0.717) is 18.9 Å². The van der Waals surface area contributed by atoms with E-state index >= 15 is 0 Å². The van der Waals surface area contributed by atoms with E-state index in [1.807, 2.05) is 12.1 Å². The molecule has 0 bridgehead atoms. The highest BCUT2D eigenvalue weighted by Crippen LogP contribution is 2.17. The van der Waals surface area contributed by atoms with Crippen LogP contribution in [0.1, 0.15) is 31.7 Å². The van der Waals surface area contributed by atoms with E-state index in [9.17, 15) is 4.79 Å². The Morgan fingerprint density at radius 3 is 2.74 bits per heavy atom. The summed E-state index contributed by atoms with van der Waals surface area (Å²) < 4.78 is 5.51. The molecule has 1 aromatic carbocycles. The number of ether oxygens (including phenoxy) is 1. The summed E-state index contributed by atoms with van der Waals surface area (Å²) in [5.41, 5.74) is 2.12. The van der Waals surface area contributed by atoms with Gasteiger partial charge in [-0.3, -0.25) is 4.79 Å². The van der Waals surface area contributed by atoms with Gasteiger partial charge >= 0.3 is 0 Å². The van der Waals surface area contributed by atoms with Gasteiger partial charge in [0.2, 0.25) is 5.91 Å². The second-order valence-corrected chi connectivity index (χ2v) is 5.23. The number of hydrogen-bond acceptors (Lipinski definition) is 3. The summed E-state index contributed by atoms with van der Waals surface area (Å²) in [7, 11) is 0. The molecule has 1 amide bonds. The molecule has 104 valence electrons. The lowest BCUT2D eigenvalue weighted by molar-refractivity contribution is -0.119. The molecule has 1 aliphatic heterocycles. The second kappa shape index (κ2) is 6.68. The molecule has 2 rings (SSSR count). The van der Waals surface area contributed by atoms with Crippen LogP contribution in [0.15, 0.2) is 24.3 Å². The minimum atomic E-state index is -0.0105. The number of morpholine rings is 1. The zero-order valence-electron chi connectivity index (χ0n) is 11.6. The lowest BCUT2D eigenvalue weighted by atomic mass is 10.0. The Morgan fingerprint density at radius 1 is 1.42 bits per heavy atom. The molecule has 1 heterocycles. The van der Waals surface area contributed by atoms with Gasteiger partial charge in [-0.2, -0.15) is 0 Å². The maximum atomic E-state index is 11.9. The van der Waals surface area contributed by atoms with Gasteiger partial charge in [0.05, 0.1) is 19.1 Å². The fraction of sp³-hybridized carbons (Fsp3) is 0.533. The molecule has 19 heavy (non-hydrogen) atoms. The van der Waals surface area contributed by atoms with Crippen molar-refractivity contribution in [2.75, 3.05) is 25.0 Å². The fourth-order valence-electron chi connectivity index (χ4n) is 2.12. The zero-order valence-corrected chi connectivity index (χ0v) is 11.6. The highest BCUT2D eigenvalue weighted by atomic mass is 16.5. The Balaban J connectivity index is 1.84. The molecule has 1 fully saturated rings. The summed E-state index contributed by atoms with van der Waals surface area (Å²) in [6.07, 6.45) is 0.391. The molecule has 1 atom stereocenters. The number of hydrogen-bond donors (Lipinski definition) is 2. The maximum Gasteiger partial charge on any atom is 0.227 e. The van der Waals surface area contributed by atoms with Crippen molar-refractivity contribution in [1.82, 2.24) is 5.32 Å². The summed E-state index contributed by atoms with van der Waals surface area (Å²) in [6, 6.07) is 8.01. The van der Waals surface area contributed by atoms with Gasteiger partial charge in [-0.05, 0) is 23.6 Å². The fourth-order valence-corrected chi connectivity index (χ4v) is 2.12. The summed E-state index contributed by atoms with van der Waals surface area (Å²) >= 11 is 0. The topological polar surface area (TPSA) is 50.4 Å². The Labute approximate surface area is 114 Å². The van der Waals surface area contributed by atoms with Gasteiger partial charge in [0, 0.05) is 18.8 Å². The third kappa shape index (κ3) is 4.33. The number of nitrogens with one attached hydrogen (secondary N) is 2. The second-order valence-electron chi connectivity index (χ2n) is 5.23. The van der Waals surface area contributed by atoms with Gasteiger partial charge in [-0.25, -0.2) is 0 Å². The first-order chi connectivity index (χ1) is 9.15. The van der Waals surface area contributed by atoms with E-state index in [0.717, 1.165) is 18.8 Å². The Hall–Kier alpha value is -1.39. The first-order valence-electron chi connectivity index (χ1n) is 6.87. The van der Waals surface area contributed by atoms with E-state index in [1.165, 1.54) is 5.56 Å². The van der Waals surface area contributed by atoms with Gasteiger partial charge in [-0.1, -0.05) is 26.0 Å². The van der Waals surface area contributed by atoms with Crippen LogP contribution in [0.5, 0.6) is 0 Å². The van der Waals surface area contributed by atoms with Gasteiger partial charge < -0.3 is 15.4 Å². The van der Waals surface area contributed by atoms with Crippen molar-refractivity contribution >= 4 is 11.6 Å². The predicted octanol–water partition coefficient (Wildman–Crippen LogP) is 2.13. The summed E-state index contributed by atoms with van der Waals surface area (Å²) in [5.74, 6) is 0.512.